The molecule has 0 aliphatic rings. The molecule has 0 saturated heterocycles. The van der Waals surface area contributed by atoms with Gasteiger partial charge in [0.1, 0.15) is 0 Å². The van der Waals surface area contributed by atoms with Crippen molar-refractivity contribution in [3.8, 4) is 0 Å². The first-order valence-corrected chi connectivity index (χ1v) is 12.7. The van der Waals surface area contributed by atoms with Gasteiger partial charge >= 0.3 is 0 Å². The molecule has 0 amide bonds. The Kier molecular flexibility index (Phi) is 10.9. The number of benzene rings is 2. The van der Waals surface area contributed by atoms with Crippen molar-refractivity contribution in [2.24, 2.45) is 0 Å². The average molecular weight is 486 g/mol. The third kappa shape index (κ3) is 7.56. The summed E-state index contributed by atoms with van der Waals surface area (Å²) in [6.07, 6.45) is 0. The van der Waals surface area contributed by atoms with Gasteiger partial charge in [-0.2, -0.15) is 6.07 Å². The van der Waals surface area contributed by atoms with Gasteiger partial charge in [0.05, 0.1) is 0 Å². The van der Waals surface area contributed by atoms with Crippen LogP contribution in [0.4, 0.5) is 0 Å². The molecule has 3 heteroatoms. The first-order valence-electron chi connectivity index (χ1n) is 10.7. The molecular formula is C28H32FeP2-6. The fourth-order valence-electron chi connectivity index (χ4n) is 3.48. The van der Waals surface area contributed by atoms with Crippen molar-refractivity contribution in [3.05, 3.63) is 108 Å². The van der Waals surface area contributed by atoms with E-state index in [0.29, 0.717) is 11.8 Å². The average Bonchev–Trinajstić information content (AvgIpc) is 3.44. The first kappa shape index (κ1) is 25.8. The Labute approximate surface area is 202 Å². The Morgan fingerprint density at radius 2 is 1.13 bits per heavy atom. The van der Waals surface area contributed by atoms with Crippen LogP contribution in [-0.4, -0.2) is 0 Å². The summed E-state index contributed by atoms with van der Waals surface area (Å²) < 4.78 is 0. The summed E-state index contributed by atoms with van der Waals surface area (Å²) in [5, 5.41) is 5.99. The van der Waals surface area contributed by atoms with E-state index in [2.05, 4.69) is 94.4 Å². The molecule has 0 aliphatic carbocycles. The zero-order valence-corrected chi connectivity index (χ0v) is 21.9. The Balaban J connectivity index is 0.000000501. The smallest absolute Gasteiger partial charge is 0 e. The second-order valence-corrected chi connectivity index (χ2v) is 10.7. The van der Waals surface area contributed by atoms with Crippen LogP contribution in [0, 0.1) is 0 Å². The molecule has 0 N–H and O–H groups in total. The van der Waals surface area contributed by atoms with E-state index in [4.69, 9.17) is 0 Å². The summed E-state index contributed by atoms with van der Waals surface area (Å²) in [7, 11) is 1.48. The minimum absolute atomic E-state index is 0. The van der Waals surface area contributed by atoms with Crippen molar-refractivity contribution in [2.75, 3.05) is 0 Å². The predicted molar refractivity (Wildman–Crippen MR) is 140 cm³/mol. The van der Waals surface area contributed by atoms with Gasteiger partial charge in [-0.1, -0.05) is 84.8 Å². The quantitative estimate of drug-likeness (QED) is 0.170. The molecule has 0 saturated carbocycles. The summed E-state index contributed by atoms with van der Waals surface area (Å²) in [4.78, 5) is 0. The first-order chi connectivity index (χ1) is 14.6. The van der Waals surface area contributed by atoms with E-state index in [9.17, 15) is 0 Å². The van der Waals surface area contributed by atoms with E-state index in [-0.39, 0.29) is 17.1 Å². The molecule has 0 spiro atoms. The van der Waals surface area contributed by atoms with Gasteiger partial charge in [0.15, 0.2) is 0 Å². The van der Waals surface area contributed by atoms with Gasteiger partial charge in [-0.15, -0.1) is 19.2 Å². The fourth-order valence-corrected chi connectivity index (χ4v) is 6.62. The second kappa shape index (κ2) is 13.2. The zero-order valence-electron chi connectivity index (χ0n) is 18.7. The van der Waals surface area contributed by atoms with Crippen LogP contribution in [0.25, 0.3) is 0 Å². The molecule has 0 heterocycles. The van der Waals surface area contributed by atoms with Gasteiger partial charge in [0.25, 0.3) is 0 Å². The summed E-state index contributed by atoms with van der Waals surface area (Å²) in [5.74, 6) is 1.15. The van der Waals surface area contributed by atoms with Crippen molar-refractivity contribution in [2.45, 2.75) is 39.5 Å². The number of rotatable bonds is 6. The van der Waals surface area contributed by atoms with E-state index in [1.807, 2.05) is 30.3 Å². The molecule has 168 valence electrons. The van der Waals surface area contributed by atoms with Crippen LogP contribution in [0.1, 0.15) is 50.7 Å². The van der Waals surface area contributed by atoms with Crippen LogP contribution < -0.4 is 21.2 Å². The van der Waals surface area contributed by atoms with E-state index in [1.165, 1.54) is 32.3 Å². The number of hydrogen-bond donors (Lipinski definition) is 0. The van der Waals surface area contributed by atoms with Crippen LogP contribution in [-0.2, 0) is 17.1 Å². The van der Waals surface area contributed by atoms with Gasteiger partial charge in [0.2, 0.25) is 0 Å². The second-order valence-electron chi connectivity index (χ2n) is 8.05. The van der Waals surface area contributed by atoms with Crippen LogP contribution in [0.15, 0.2) is 97.1 Å². The van der Waals surface area contributed by atoms with Crippen molar-refractivity contribution in [3.63, 3.8) is 0 Å². The number of hydrogen-bond acceptors (Lipinski definition) is 0. The zero-order chi connectivity index (χ0) is 21.3. The van der Waals surface area contributed by atoms with Crippen molar-refractivity contribution >= 4 is 38.4 Å². The molecule has 4 aromatic carbocycles. The monoisotopic (exact) mass is 486 g/mol. The Morgan fingerprint density at radius 3 is 1.68 bits per heavy atom. The molecule has 0 fully saturated rings. The summed E-state index contributed by atoms with van der Waals surface area (Å²) in [5.41, 5.74) is 2.97. The summed E-state index contributed by atoms with van der Waals surface area (Å²) in [6, 6.07) is 34.7. The van der Waals surface area contributed by atoms with E-state index >= 15 is 0 Å². The van der Waals surface area contributed by atoms with Gasteiger partial charge < -0.3 is 30.3 Å². The molecule has 2 atom stereocenters. The molecule has 0 radical (unpaired) electrons. The van der Waals surface area contributed by atoms with Gasteiger partial charge in [0, 0.05) is 17.1 Å². The third-order valence-electron chi connectivity index (χ3n) is 5.08. The van der Waals surface area contributed by atoms with Crippen LogP contribution in [0.3, 0.4) is 0 Å². The molecule has 0 nitrogen and oxygen atoms in total. The normalized spacial score (nSPS) is 11.3. The maximum Gasteiger partial charge on any atom is 0 e. The van der Waals surface area contributed by atoms with Crippen molar-refractivity contribution in [1.82, 2.24) is 0 Å². The minimum atomic E-state index is 0. The Bertz CT molecular complexity index is 928. The van der Waals surface area contributed by atoms with Crippen LogP contribution in [0.2, 0.25) is 0 Å². The van der Waals surface area contributed by atoms with Crippen molar-refractivity contribution in [1.29, 1.82) is 0 Å². The summed E-state index contributed by atoms with van der Waals surface area (Å²) in [6.45, 7) is 9.15. The molecule has 0 aliphatic heterocycles. The van der Waals surface area contributed by atoms with Gasteiger partial charge in [-0.25, -0.2) is 12.1 Å². The topological polar surface area (TPSA) is 0 Å². The Hall–Kier alpha value is -1.48. The molecule has 4 aromatic rings. The minimum Gasteiger partial charge on any atom is -0.748 e. The maximum absolute atomic E-state index is 2.32. The fraction of sp³-hybridized carbons (Fsp3) is 0.214. The van der Waals surface area contributed by atoms with E-state index in [0.717, 1.165) is 17.2 Å². The molecular weight excluding hydrogens is 454 g/mol. The largest absolute Gasteiger partial charge is 0.748 e. The van der Waals surface area contributed by atoms with Gasteiger partial charge in [-0.3, -0.25) is 0 Å². The maximum atomic E-state index is 2.32. The third-order valence-corrected chi connectivity index (χ3v) is 8.19. The van der Waals surface area contributed by atoms with Crippen LogP contribution >= 0.6 is 17.2 Å². The molecule has 2 unspecified atom stereocenters. The van der Waals surface area contributed by atoms with Crippen LogP contribution in [0.5, 0.6) is 0 Å². The molecule has 0 aromatic heterocycles. The summed E-state index contributed by atoms with van der Waals surface area (Å²) >= 11 is 0. The SMILES string of the molecule is CC(C)c1ccccc1Pc1ccc[c-]1Pc1ccccc1C(C)C.[Fe].[cH-]1[cH-][cH-][cH-][cH-]1. The van der Waals surface area contributed by atoms with Gasteiger partial charge in [-0.05, 0) is 33.6 Å². The van der Waals surface area contributed by atoms with E-state index in [1.54, 1.807) is 0 Å². The Morgan fingerprint density at radius 1 is 0.645 bits per heavy atom. The molecule has 31 heavy (non-hydrogen) atoms. The molecule has 0 bridgehead atoms. The predicted octanol–water partition coefficient (Wildman–Crippen LogP) is 6.31. The van der Waals surface area contributed by atoms with E-state index < -0.39 is 0 Å². The standard InChI is InChI=1S/C23H27P2.C5H5.Fe/c1-16(2)18-10-5-7-12-20(18)24-22-14-9-15-23(22)25-21-13-8-6-11-19(21)17(3)4;1-2-4-5-3-1;/h5-17,24-25H,1-4H3;1-5H;/q-1;-5;. The van der Waals surface area contributed by atoms with Crippen molar-refractivity contribution < 1.29 is 17.1 Å². The molecule has 4 rings (SSSR count).